The van der Waals surface area contributed by atoms with Gasteiger partial charge in [-0.15, -0.1) is 0 Å². The van der Waals surface area contributed by atoms with E-state index in [9.17, 15) is 4.39 Å². The summed E-state index contributed by atoms with van der Waals surface area (Å²) in [6, 6.07) is 4.15. The van der Waals surface area contributed by atoms with Crippen molar-refractivity contribution >= 4 is 33.9 Å². The van der Waals surface area contributed by atoms with Gasteiger partial charge < -0.3 is 24.6 Å². The second-order valence-corrected chi connectivity index (χ2v) is 9.76. The number of ether oxygens (including phenoxy) is 2. The van der Waals surface area contributed by atoms with E-state index >= 15 is 4.39 Å². The molecule has 0 atom stereocenters. The fourth-order valence-electron chi connectivity index (χ4n) is 5.10. The Hall–Kier alpha value is -3.96. The quantitative estimate of drug-likeness (QED) is 0.365. The highest BCUT2D eigenvalue weighted by Crippen LogP contribution is 2.40. The average Bonchev–Trinajstić information content (AvgIpc) is 3.50. The molecule has 6 rings (SSSR count). The molecule has 0 aliphatic carbocycles. The van der Waals surface area contributed by atoms with Crippen LogP contribution in [-0.4, -0.2) is 73.5 Å². The summed E-state index contributed by atoms with van der Waals surface area (Å²) in [6.45, 7) is 6.36. The van der Waals surface area contributed by atoms with Gasteiger partial charge in [-0.05, 0) is 19.8 Å². The monoisotopic (exact) mass is 549 g/mol. The third kappa shape index (κ3) is 5.80. The van der Waals surface area contributed by atoms with Gasteiger partial charge in [0.1, 0.15) is 29.6 Å². The zero-order chi connectivity index (χ0) is 28.1. The first-order valence-electron chi connectivity index (χ1n) is 13.3. The van der Waals surface area contributed by atoms with Crippen molar-refractivity contribution in [3.05, 3.63) is 60.3 Å². The van der Waals surface area contributed by atoms with Crippen molar-refractivity contribution in [1.82, 2.24) is 19.9 Å². The molecule has 2 saturated heterocycles. The number of methoxy groups -OCH3 is 1. The van der Waals surface area contributed by atoms with Crippen LogP contribution >= 0.6 is 0 Å². The lowest BCUT2D eigenvalue weighted by Crippen LogP contribution is -2.36. The van der Waals surface area contributed by atoms with E-state index in [2.05, 4.69) is 29.8 Å². The minimum absolute atomic E-state index is 0.252. The lowest BCUT2D eigenvalue weighted by atomic mass is 10.1. The molecule has 0 radical (unpaired) electrons. The standard InChI is InChI=1S/C27H27F2N7O.C2H6O/c1-17-26(25-21(29)10-19(28)11-23(25)34-27(17)36-4-2-3-5-36)33-22-12-24(35-6-8-37-9-7-35)32-15-20(22)18-13-30-16-31-14-18;1-3-2/h10-16H,2-9H2,1H3,(H,32,33,34);1-2H3. The number of halogens is 2. The molecule has 2 aliphatic rings. The Bertz CT molecular complexity index is 1460. The van der Waals surface area contributed by atoms with Crippen LogP contribution in [0.5, 0.6) is 0 Å². The molecule has 9 nitrogen and oxygen atoms in total. The zero-order valence-corrected chi connectivity index (χ0v) is 23.0. The van der Waals surface area contributed by atoms with Gasteiger partial charge in [-0.2, -0.15) is 0 Å². The Balaban J connectivity index is 0.00000103. The number of morpholine rings is 1. The van der Waals surface area contributed by atoms with E-state index in [4.69, 9.17) is 14.7 Å². The molecular formula is C29H33F2N7O2. The summed E-state index contributed by atoms with van der Waals surface area (Å²) in [4.78, 5) is 22.1. The number of hydrogen-bond donors (Lipinski definition) is 1. The first-order valence-corrected chi connectivity index (χ1v) is 13.3. The van der Waals surface area contributed by atoms with Crippen LogP contribution in [0.25, 0.3) is 22.0 Å². The molecular weight excluding hydrogens is 516 g/mol. The molecule has 2 fully saturated rings. The molecule has 0 amide bonds. The highest BCUT2D eigenvalue weighted by molar-refractivity contribution is 5.99. The van der Waals surface area contributed by atoms with Crippen LogP contribution in [0.15, 0.2) is 43.1 Å². The van der Waals surface area contributed by atoms with E-state index in [1.54, 1.807) is 32.8 Å². The number of benzene rings is 1. The van der Waals surface area contributed by atoms with Crippen molar-refractivity contribution in [3.8, 4) is 11.1 Å². The van der Waals surface area contributed by atoms with E-state index < -0.39 is 11.6 Å². The minimum Gasteiger partial charge on any atom is -0.388 e. The first kappa shape index (κ1) is 27.6. The largest absolute Gasteiger partial charge is 0.388 e. The van der Waals surface area contributed by atoms with Crippen LogP contribution in [0, 0.1) is 18.6 Å². The van der Waals surface area contributed by atoms with Gasteiger partial charge in [0.15, 0.2) is 0 Å². The molecule has 0 saturated carbocycles. The highest BCUT2D eigenvalue weighted by atomic mass is 19.1. The van der Waals surface area contributed by atoms with Crippen LogP contribution in [0.4, 0.5) is 31.8 Å². The van der Waals surface area contributed by atoms with Crippen LogP contribution in [0.2, 0.25) is 0 Å². The Morgan fingerprint density at radius 2 is 1.62 bits per heavy atom. The number of aromatic nitrogens is 4. The summed E-state index contributed by atoms with van der Waals surface area (Å²) in [7, 11) is 3.25. The second-order valence-electron chi connectivity index (χ2n) is 9.76. The maximum absolute atomic E-state index is 15.3. The van der Waals surface area contributed by atoms with E-state index in [0.717, 1.165) is 79.1 Å². The molecule has 0 bridgehead atoms. The van der Waals surface area contributed by atoms with Gasteiger partial charge in [0, 0.05) is 93.9 Å². The average molecular weight is 550 g/mol. The third-order valence-corrected chi connectivity index (χ3v) is 6.98. The SMILES string of the molecule is COC.Cc1c(N2CCCC2)nc2cc(F)cc(F)c2c1Nc1cc(N2CCOCC2)ncc1-c1cncnc1. The summed E-state index contributed by atoms with van der Waals surface area (Å²) in [5, 5.41) is 3.76. The Labute approximate surface area is 232 Å². The fraction of sp³-hybridized carbons (Fsp3) is 0.379. The lowest BCUT2D eigenvalue weighted by Gasteiger charge is -2.29. The Kier molecular flexibility index (Phi) is 8.61. The zero-order valence-electron chi connectivity index (χ0n) is 23.0. The van der Waals surface area contributed by atoms with Gasteiger partial charge in [-0.25, -0.2) is 28.7 Å². The molecule has 3 aromatic heterocycles. The fourth-order valence-corrected chi connectivity index (χ4v) is 5.10. The van der Waals surface area contributed by atoms with Crippen molar-refractivity contribution in [1.29, 1.82) is 0 Å². The first-order chi connectivity index (χ1) is 19.5. The summed E-state index contributed by atoms with van der Waals surface area (Å²) in [6.07, 6.45) is 8.80. The second kappa shape index (κ2) is 12.5. The van der Waals surface area contributed by atoms with Gasteiger partial charge in [-0.3, -0.25) is 0 Å². The van der Waals surface area contributed by atoms with Gasteiger partial charge >= 0.3 is 0 Å². The summed E-state index contributed by atoms with van der Waals surface area (Å²) < 4.78 is 39.3. The number of hydrogen-bond acceptors (Lipinski definition) is 9. The Morgan fingerprint density at radius 1 is 0.925 bits per heavy atom. The van der Waals surface area contributed by atoms with Crippen LogP contribution in [0.1, 0.15) is 18.4 Å². The molecule has 1 N–H and O–H groups in total. The van der Waals surface area contributed by atoms with Crippen LogP contribution < -0.4 is 15.1 Å². The number of nitrogens with one attached hydrogen (secondary N) is 1. The lowest BCUT2D eigenvalue weighted by molar-refractivity contribution is 0.122. The predicted molar refractivity (Wildman–Crippen MR) is 152 cm³/mol. The molecule has 5 heterocycles. The normalized spacial score (nSPS) is 15.2. The van der Waals surface area contributed by atoms with E-state index in [0.29, 0.717) is 18.9 Å². The molecule has 0 spiro atoms. The number of pyridine rings is 2. The van der Waals surface area contributed by atoms with Crippen molar-refractivity contribution in [3.63, 3.8) is 0 Å². The predicted octanol–water partition coefficient (Wildman–Crippen LogP) is 5.12. The van der Waals surface area contributed by atoms with Gasteiger partial charge in [0.05, 0.1) is 35.5 Å². The van der Waals surface area contributed by atoms with E-state index in [1.165, 1.54) is 12.4 Å². The highest BCUT2D eigenvalue weighted by Gasteiger charge is 2.24. The van der Waals surface area contributed by atoms with E-state index in [-0.39, 0.29) is 10.9 Å². The molecule has 0 unspecified atom stereocenters. The number of anilines is 4. The molecule has 210 valence electrons. The molecule has 2 aliphatic heterocycles. The maximum atomic E-state index is 15.3. The molecule has 1 aromatic carbocycles. The number of rotatable bonds is 5. The molecule has 40 heavy (non-hydrogen) atoms. The number of fused-ring (bicyclic) bond motifs is 1. The smallest absolute Gasteiger partial charge is 0.137 e. The maximum Gasteiger partial charge on any atom is 0.137 e. The van der Waals surface area contributed by atoms with Gasteiger partial charge in [0.25, 0.3) is 0 Å². The van der Waals surface area contributed by atoms with Crippen molar-refractivity contribution in [2.75, 3.05) is 68.7 Å². The van der Waals surface area contributed by atoms with E-state index in [1.807, 2.05) is 13.0 Å². The van der Waals surface area contributed by atoms with Crippen molar-refractivity contribution in [2.45, 2.75) is 19.8 Å². The molecule has 4 aromatic rings. The Morgan fingerprint density at radius 3 is 2.33 bits per heavy atom. The summed E-state index contributed by atoms with van der Waals surface area (Å²) in [5.74, 6) is 0.215. The van der Waals surface area contributed by atoms with Gasteiger partial charge in [0.2, 0.25) is 0 Å². The molecule has 11 heteroatoms. The topological polar surface area (TPSA) is 88.5 Å². The van der Waals surface area contributed by atoms with Crippen molar-refractivity contribution < 1.29 is 18.3 Å². The minimum atomic E-state index is -0.659. The van der Waals surface area contributed by atoms with Gasteiger partial charge in [-0.1, -0.05) is 0 Å². The summed E-state index contributed by atoms with van der Waals surface area (Å²) >= 11 is 0. The van der Waals surface area contributed by atoms with Crippen molar-refractivity contribution in [2.24, 2.45) is 0 Å². The summed E-state index contributed by atoms with van der Waals surface area (Å²) in [5.41, 5.74) is 3.90. The number of nitrogens with zero attached hydrogens (tertiary/aromatic N) is 6. The van der Waals surface area contributed by atoms with Crippen LogP contribution in [0.3, 0.4) is 0 Å². The third-order valence-electron chi connectivity index (χ3n) is 6.98. The van der Waals surface area contributed by atoms with Crippen LogP contribution in [-0.2, 0) is 9.47 Å².